The van der Waals surface area contributed by atoms with E-state index < -0.39 is 0 Å². The third-order valence-electron chi connectivity index (χ3n) is 7.59. The Kier molecular flexibility index (Phi) is 4.44. The molecule has 3 nitrogen and oxygen atoms in total. The summed E-state index contributed by atoms with van der Waals surface area (Å²) < 4.78 is 6.01. The first-order valence-electron chi connectivity index (χ1n) is 12.8. The highest BCUT2D eigenvalue weighted by atomic mass is 16.3. The van der Waals surface area contributed by atoms with Crippen molar-refractivity contribution in [3.05, 3.63) is 121 Å². The lowest BCUT2D eigenvalue weighted by molar-refractivity contribution is 0.669. The maximum absolute atomic E-state index is 6.01. The number of benzene rings is 6. The molecule has 0 saturated carbocycles. The van der Waals surface area contributed by atoms with Crippen molar-refractivity contribution >= 4 is 54.5 Å². The molecule has 0 aliphatic carbocycles. The van der Waals surface area contributed by atoms with Crippen LogP contribution in [0, 0.1) is 6.92 Å². The van der Waals surface area contributed by atoms with E-state index in [-0.39, 0.29) is 0 Å². The monoisotopic (exact) mass is 486 g/mol. The van der Waals surface area contributed by atoms with Gasteiger partial charge in [0.15, 0.2) is 0 Å². The lowest BCUT2D eigenvalue weighted by atomic mass is 9.98. The largest absolute Gasteiger partial charge is 0.456 e. The molecule has 0 atom stereocenters. The van der Waals surface area contributed by atoms with Gasteiger partial charge in [-0.3, -0.25) is 0 Å². The molecule has 0 saturated heterocycles. The van der Waals surface area contributed by atoms with Crippen LogP contribution in [0.1, 0.15) is 5.69 Å². The first kappa shape index (κ1) is 21.1. The molecule has 0 radical (unpaired) electrons. The standard InChI is InChI=1S/C35H22N2O/c1-21-33(37-35-29-12-5-3-9-26(29)25-8-2-4-11-28(25)34(35)36-21)23-16-14-22(15-17-23)24-18-19-32-30(20-24)27-10-6-7-13-31(27)38-32/h2-20H,1H3. The van der Waals surface area contributed by atoms with Crippen molar-refractivity contribution in [2.75, 3.05) is 0 Å². The smallest absolute Gasteiger partial charge is 0.135 e. The van der Waals surface area contributed by atoms with Crippen LogP contribution >= 0.6 is 0 Å². The van der Waals surface area contributed by atoms with Crippen LogP contribution in [0.5, 0.6) is 0 Å². The van der Waals surface area contributed by atoms with Crippen molar-refractivity contribution in [2.45, 2.75) is 6.92 Å². The number of para-hydroxylation sites is 1. The van der Waals surface area contributed by atoms with Crippen LogP contribution < -0.4 is 0 Å². The zero-order valence-electron chi connectivity index (χ0n) is 20.8. The number of hydrogen-bond donors (Lipinski definition) is 0. The molecule has 0 fully saturated rings. The highest BCUT2D eigenvalue weighted by Crippen LogP contribution is 2.36. The number of aromatic nitrogens is 2. The minimum absolute atomic E-state index is 0.911. The summed E-state index contributed by atoms with van der Waals surface area (Å²) in [5.74, 6) is 0. The molecule has 6 aromatic carbocycles. The Morgan fingerprint density at radius 2 is 0.974 bits per heavy atom. The summed E-state index contributed by atoms with van der Waals surface area (Å²) in [6, 6.07) is 40.2. The third-order valence-corrected chi connectivity index (χ3v) is 7.59. The van der Waals surface area contributed by atoms with E-state index in [1.165, 1.54) is 10.8 Å². The molecular formula is C35H22N2O. The van der Waals surface area contributed by atoms with Crippen molar-refractivity contribution in [3.8, 4) is 22.4 Å². The molecule has 2 aromatic heterocycles. The van der Waals surface area contributed by atoms with E-state index in [0.29, 0.717) is 0 Å². The maximum Gasteiger partial charge on any atom is 0.135 e. The predicted octanol–water partition coefficient (Wildman–Crippen LogP) is 9.48. The Labute approximate surface area is 219 Å². The van der Waals surface area contributed by atoms with Crippen LogP contribution in [0.2, 0.25) is 0 Å². The number of nitrogens with zero attached hydrogens (tertiary/aromatic N) is 2. The Hall–Kier alpha value is -5.02. The average molecular weight is 487 g/mol. The van der Waals surface area contributed by atoms with Crippen molar-refractivity contribution in [1.82, 2.24) is 9.97 Å². The van der Waals surface area contributed by atoms with Crippen LogP contribution in [-0.4, -0.2) is 9.97 Å². The zero-order chi connectivity index (χ0) is 25.2. The van der Waals surface area contributed by atoms with E-state index in [1.807, 2.05) is 12.1 Å². The van der Waals surface area contributed by atoms with Gasteiger partial charge in [0, 0.05) is 27.1 Å². The van der Waals surface area contributed by atoms with Gasteiger partial charge < -0.3 is 4.42 Å². The topological polar surface area (TPSA) is 38.9 Å². The molecule has 0 bridgehead atoms. The zero-order valence-corrected chi connectivity index (χ0v) is 20.8. The summed E-state index contributed by atoms with van der Waals surface area (Å²) in [4.78, 5) is 10.3. The summed E-state index contributed by atoms with van der Waals surface area (Å²) in [6.07, 6.45) is 0. The molecule has 0 N–H and O–H groups in total. The van der Waals surface area contributed by atoms with Crippen molar-refractivity contribution in [1.29, 1.82) is 0 Å². The minimum atomic E-state index is 0.911. The van der Waals surface area contributed by atoms with Gasteiger partial charge in [0.25, 0.3) is 0 Å². The fraction of sp³-hybridized carbons (Fsp3) is 0.0286. The third kappa shape index (κ3) is 3.09. The number of hydrogen-bond acceptors (Lipinski definition) is 3. The lowest BCUT2D eigenvalue weighted by Crippen LogP contribution is -1.96. The number of fused-ring (bicyclic) bond motifs is 9. The molecule has 0 spiro atoms. The number of rotatable bonds is 2. The predicted molar refractivity (Wildman–Crippen MR) is 157 cm³/mol. The highest BCUT2D eigenvalue weighted by Gasteiger charge is 2.15. The molecule has 0 aliphatic rings. The fourth-order valence-electron chi connectivity index (χ4n) is 5.74. The van der Waals surface area contributed by atoms with E-state index in [4.69, 9.17) is 14.4 Å². The molecule has 8 rings (SSSR count). The van der Waals surface area contributed by atoms with Crippen LogP contribution in [0.4, 0.5) is 0 Å². The molecule has 0 aliphatic heterocycles. The molecular weight excluding hydrogens is 464 g/mol. The lowest BCUT2D eigenvalue weighted by Gasteiger charge is -2.13. The van der Waals surface area contributed by atoms with E-state index in [9.17, 15) is 0 Å². The molecule has 0 unspecified atom stereocenters. The van der Waals surface area contributed by atoms with Crippen molar-refractivity contribution in [3.63, 3.8) is 0 Å². The maximum atomic E-state index is 6.01. The van der Waals surface area contributed by atoms with Crippen LogP contribution in [-0.2, 0) is 0 Å². The van der Waals surface area contributed by atoms with Gasteiger partial charge in [0.1, 0.15) is 11.2 Å². The van der Waals surface area contributed by atoms with Gasteiger partial charge >= 0.3 is 0 Å². The Morgan fingerprint density at radius 1 is 0.447 bits per heavy atom. The second kappa shape index (κ2) is 7.99. The summed E-state index contributed by atoms with van der Waals surface area (Å²) >= 11 is 0. The van der Waals surface area contributed by atoms with Crippen LogP contribution in [0.25, 0.3) is 76.9 Å². The first-order valence-corrected chi connectivity index (χ1v) is 12.8. The van der Waals surface area contributed by atoms with Gasteiger partial charge in [-0.05, 0) is 47.0 Å². The normalized spacial score (nSPS) is 11.8. The minimum Gasteiger partial charge on any atom is -0.456 e. The second-order valence-corrected chi connectivity index (χ2v) is 9.83. The molecule has 38 heavy (non-hydrogen) atoms. The Morgan fingerprint density at radius 3 is 1.68 bits per heavy atom. The van der Waals surface area contributed by atoms with Gasteiger partial charge in [0.05, 0.1) is 22.4 Å². The molecule has 178 valence electrons. The summed E-state index contributed by atoms with van der Waals surface area (Å²) in [5.41, 5.74) is 8.96. The van der Waals surface area contributed by atoms with Crippen LogP contribution in [0.15, 0.2) is 120 Å². The average Bonchev–Trinajstić information content (AvgIpc) is 3.35. The second-order valence-electron chi connectivity index (χ2n) is 9.83. The van der Waals surface area contributed by atoms with Gasteiger partial charge in [-0.1, -0.05) is 97.1 Å². The van der Waals surface area contributed by atoms with Gasteiger partial charge in [-0.15, -0.1) is 0 Å². The SMILES string of the molecule is Cc1nc2c3ccccc3c3ccccc3c2nc1-c1ccc(-c2ccc3oc4ccccc4c3c2)cc1. The van der Waals surface area contributed by atoms with Crippen molar-refractivity contribution in [2.24, 2.45) is 0 Å². The molecule has 8 aromatic rings. The quantitative estimate of drug-likeness (QED) is 0.228. The first-order chi connectivity index (χ1) is 18.7. The van der Waals surface area contributed by atoms with Crippen molar-refractivity contribution < 1.29 is 4.42 Å². The fourth-order valence-corrected chi connectivity index (χ4v) is 5.74. The van der Waals surface area contributed by atoms with E-state index in [1.54, 1.807) is 0 Å². The summed E-state index contributed by atoms with van der Waals surface area (Å²) in [5, 5.41) is 6.97. The van der Waals surface area contributed by atoms with E-state index >= 15 is 0 Å². The van der Waals surface area contributed by atoms with E-state index in [0.717, 1.165) is 71.8 Å². The molecule has 2 heterocycles. The summed E-state index contributed by atoms with van der Waals surface area (Å²) in [7, 11) is 0. The van der Waals surface area contributed by atoms with Gasteiger partial charge in [0.2, 0.25) is 0 Å². The van der Waals surface area contributed by atoms with Crippen LogP contribution in [0.3, 0.4) is 0 Å². The summed E-state index contributed by atoms with van der Waals surface area (Å²) in [6.45, 7) is 2.05. The van der Waals surface area contributed by atoms with Gasteiger partial charge in [-0.2, -0.15) is 0 Å². The molecule has 3 heteroatoms. The number of furan rings is 1. The van der Waals surface area contributed by atoms with E-state index in [2.05, 4.69) is 110 Å². The highest BCUT2D eigenvalue weighted by molar-refractivity contribution is 6.23. The molecule has 0 amide bonds. The Balaban J connectivity index is 1.27. The number of aryl methyl sites for hydroxylation is 1. The Bertz CT molecular complexity index is 2190. The van der Waals surface area contributed by atoms with Gasteiger partial charge in [-0.25, -0.2) is 9.97 Å².